The molecule has 2 N–H and O–H groups in total. The zero-order chi connectivity index (χ0) is 9.41. The molecule has 0 fully saturated rings. The summed E-state index contributed by atoms with van der Waals surface area (Å²) >= 11 is 0. The van der Waals surface area contributed by atoms with Gasteiger partial charge in [0, 0.05) is 20.8 Å². The maximum atomic E-state index is 4.50. The van der Waals surface area contributed by atoms with Crippen molar-refractivity contribution in [2.24, 2.45) is 5.73 Å². The second-order valence-electron chi connectivity index (χ2n) is 1.41. The van der Waals surface area contributed by atoms with E-state index >= 15 is 0 Å². The van der Waals surface area contributed by atoms with Crippen LogP contribution in [0.4, 0.5) is 0 Å². The zero-order valence-corrected chi connectivity index (χ0v) is 11.0. The fourth-order valence-electron chi connectivity index (χ4n) is 0. The summed E-state index contributed by atoms with van der Waals surface area (Å²) in [6, 6.07) is 0. The first-order valence-corrected chi connectivity index (χ1v) is 7.23. The molecule has 1 nitrogen and oxygen atoms in total. The summed E-state index contributed by atoms with van der Waals surface area (Å²) in [4.78, 5) is 0. The Morgan fingerprint density at radius 3 is 0.867 bits per heavy atom. The molecule has 0 atom stereocenters. The van der Waals surface area contributed by atoms with Crippen LogP contribution in [0.1, 0.15) is 66.7 Å². The molecule has 0 unspecified atom stereocenters. The van der Waals surface area contributed by atoms with E-state index in [9.17, 15) is 0 Å². The Labute approximate surface area is 111 Å². The lowest BCUT2D eigenvalue weighted by Crippen LogP contribution is -1.69. The predicted molar refractivity (Wildman–Crippen MR) is 94.6 cm³/mol. The van der Waals surface area contributed by atoms with Crippen LogP contribution in [0.15, 0.2) is 0 Å². The Kier molecular flexibility index (Phi) is 2630. The zero-order valence-electron chi connectivity index (χ0n) is 9.57. The Bertz CT molecular complexity index is 26.5. The van der Waals surface area contributed by atoms with E-state index in [4.69, 9.17) is 0 Å². The Morgan fingerprint density at radius 2 is 0.867 bits per heavy atom. The van der Waals surface area contributed by atoms with Gasteiger partial charge in [-0.2, -0.15) is 0 Å². The van der Waals surface area contributed by atoms with E-state index in [1.54, 1.807) is 0 Å². The molecule has 15 heavy (non-hydrogen) atoms. The van der Waals surface area contributed by atoms with E-state index in [0.717, 1.165) is 0 Å². The second kappa shape index (κ2) is 497. The van der Waals surface area contributed by atoms with Crippen LogP contribution < -0.4 is 5.73 Å². The Morgan fingerprint density at radius 1 is 0.867 bits per heavy atom. The van der Waals surface area contributed by atoms with Gasteiger partial charge in [0.25, 0.3) is 0 Å². The lowest BCUT2D eigenvalue weighted by molar-refractivity contribution is 1.09. The molecule has 0 saturated carbocycles. The number of nitrogens with two attached hydrogens (primary N) is 1. The normalized spacial score (nSPS) is 3.20. The van der Waals surface area contributed by atoms with Gasteiger partial charge in [-0.05, 0) is 7.05 Å². The summed E-state index contributed by atoms with van der Waals surface area (Å²) in [6.07, 6.45) is 1.25. The number of rotatable bonds is 0. The van der Waals surface area contributed by atoms with Gasteiger partial charge >= 0.3 is 0 Å². The summed E-state index contributed by atoms with van der Waals surface area (Å²) in [7, 11) is 1.92. The molecule has 0 aliphatic carbocycles. The van der Waals surface area contributed by atoms with Crippen molar-refractivity contribution in [1.29, 1.82) is 0 Å². The van der Waals surface area contributed by atoms with Gasteiger partial charge in [0.2, 0.25) is 0 Å². The summed E-state index contributed by atoms with van der Waals surface area (Å²) < 4.78 is 0. The molecular formula is C12H47BNSi. The van der Waals surface area contributed by atoms with Crippen molar-refractivity contribution in [3.63, 3.8) is 0 Å². The number of hydrogen-bond acceptors (Lipinski definition) is 1. The summed E-state index contributed by atoms with van der Waals surface area (Å²) in [6.45, 7) is 12.8. The maximum Gasteiger partial charge on any atom is 0.0135 e. The highest BCUT2D eigenvalue weighted by molar-refractivity contribution is 6.31. The second-order valence-corrected chi connectivity index (χ2v) is 2.83. The van der Waals surface area contributed by atoms with Gasteiger partial charge in [0.1, 0.15) is 0 Å². The van der Waals surface area contributed by atoms with Crippen LogP contribution in [0.5, 0.6) is 0 Å². The van der Waals surface area contributed by atoms with Gasteiger partial charge in [-0.25, -0.2) is 0 Å². The van der Waals surface area contributed by atoms with Crippen LogP contribution in [0.25, 0.3) is 0 Å². The quantitative estimate of drug-likeness (QED) is 0.603. The topological polar surface area (TPSA) is 26.0 Å². The Hall–Kier alpha value is 0.242. The molecule has 3 heteroatoms. The van der Waals surface area contributed by atoms with Gasteiger partial charge in [0.05, 0.1) is 0 Å². The average molecular weight is 246 g/mol. The first-order valence-electron chi connectivity index (χ1n) is 4.41. The van der Waals surface area contributed by atoms with E-state index in [1.807, 2.05) is 13.8 Å². The molecule has 3 radical (unpaired) electrons. The van der Waals surface area contributed by atoms with E-state index < -0.39 is 0 Å². The van der Waals surface area contributed by atoms with E-state index in [2.05, 4.69) is 32.7 Å². The van der Waals surface area contributed by atoms with Crippen molar-refractivity contribution in [2.75, 3.05) is 7.05 Å². The van der Waals surface area contributed by atoms with Crippen LogP contribution in [-0.2, 0) is 0 Å². The summed E-state index contributed by atoms with van der Waals surface area (Å²) in [5.74, 6) is 0. The molecule has 0 aromatic rings. The minimum absolute atomic E-state index is 0. The first-order chi connectivity index (χ1) is 4.83. The molecule has 0 aromatic carbocycles. The van der Waals surface area contributed by atoms with Gasteiger partial charge in [-0.15, -0.1) is 0 Å². The monoisotopic (exact) mass is 246 g/mol. The molecule has 107 valence electrons. The largest absolute Gasteiger partial charge is 0.333 e. The Balaban J connectivity index is -0.00000000279. The van der Waals surface area contributed by atoms with Crippen molar-refractivity contribution in [3.8, 4) is 0 Å². The van der Waals surface area contributed by atoms with Crippen molar-refractivity contribution in [1.82, 2.24) is 0 Å². The molecule has 0 spiro atoms. The van der Waals surface area contributed by atoms with Gasteiger partial charge in [-0.3, -0.25) is 0 Å². The van der Waals surface area contributed by atoms with Crippen molar-refractivity contribution < 1.29 is 2.85 Å². The van der Waals surface area contributed by atoms with E-state index in [-0.39, 0.29) is 41.0 Å². The lowest BCUT2D eigenvalue weighted by Gasteiger charge is -1.48. The van der Waals surface area contributed by atoms with Crippen LogP contribution in [-0.4, -0.2) is 25.0 Å². The molecule has 0 heterocycles. The third kappa shape index (κ3) is 36500. The van der Waals surface area contributed by atoms with E-state index in [1.165, 1.54) is 13.5 Å². The third-order valence-electron chi connectivity index (χ3n) is 0. The predicted octanol–water partition coefficient (Wildman–Crippen LogP) is 4.92. The van der Waals surface area contributed by atoms with Crippen LogP contribution in [0.2, 0.25) is 13.1 Å². The van der Waals surface area contributed by atoms with Gasteiger partial charge < -0.3 is 5.73 Å². The molecule has 0 rings (SSSR count). The molecular weight excluding hydrogens is 197 g/mol. The smallest absolute Gasteiger partial charge is 0.0135 e. The standard InChI is InChI=1S/C3H8.C2H8Si.C2H6.CH5N.4CH4.B.2H2/c2*1-3-2;2*1-2;;;;;;;/h2*3H2,1-2H3;1-2H3;2H2,1H3;4*1H4;;2*1H/i;;;;;;;;;2*1+1. The van der Waals surface area contributed by atoms with Crippen molar-refractivity contribution in [2.45, 2.75) is 76.9 Å². The van der Waals surface area contributed by atoms with Gasteiger partial charge in [-0.1, -0.05) is 76.9 Å². The molecule has 0 aliphatic heterocycles. The lowest BCUT2D eigenvalue weighted by atomic mass is 10.6. The summed E-state index contributed by atoms with van der Waals surface area (Å²) in [5, 5.41) is 0. The van der Waals surface area contributed by atoms with Crippen LogP contribution in [0, 0.1) is 0 Å². The molecule has 0 aliphatic rings. The molecule has 0 amide bonds. The highest BCUT2D eigenvalue weighted by Gasteiger charge is 1.38. The molecule has 0 aromatic heterocycles. The molecule has 0 bridgehead atoms. The fourth-order valence-corrected chi connectivity index (χ4v) is 0. The first kappa shape index (κ1) is 79.3. The SMILES string of the molecule is C.C.C.C.CC.CCC.CN.C[SiH2]C.[2HH].[2HH].[B]. The fraction of sp³-hybridized carbons (Fsp3) is 1.00. The van der Waals surface area contributed by atoms with Crippen LogP contribution >= 0.6 is 0 Å². The highest BCUT2D eigenvalue weighted by Crippen LogP contribution is 1.56. The third-order valence-corrected chi connectivity index (χ3v) is 0. The maximum absolute atomic E-state index is 4.50. The minimum Gasteiger partial charge on any atom is -0.333 e. The van der Waals surface area contributed by atoms with E-state index in [0.29, 0.717) is 9.52 Å². The van der Waals surface area contributed by atoms with Crippen molar-refractivity contribution >= 4 is 17.9 Å². The van der Waals surface area contributed by atoms with Crippen LogP contribution in [0.3, 0.4) is 0 Å². The summed E-state index contributed by atoms with van der Waals surface area (Å²) in [5.41, 5.74) is 4.50. The molecule has 0 saturated heterocycles. The highest BCUT2D eigenvalue weighted by atomic mass is 28.2. The average Bonchev–Trinajstić information content (AvgIpc) is 1.99. The number of hydrogen-bond donors (Lipinski definition) is 1. The minimum atomic E-state index is 0. The van der Waals surface area contributed by atoms with Gasteiger partial charge in [0.15, 0.2) is 0 Å². The van der Waals surface area contributed by atoms with Crippen molar-refractivity contribution in [3.05, 3.63) is 0 Å².